The molecule has 1 aromatic heterocycles. The minimum absolute atomic E-state index is 0.226. The molecule has 0 unspecified atom stereocenters. The van der Waals surface area contributed by atoms with Crippen LogP contribution in [0.1, 0.15) is 11.6 Å². The monoisotopic (exact) mass is 330 g/mol. The Labute approximate surface area is 139 Å². The van der Waals surface area contributed by atoms with Crippen LogP contribution in [-0.4, -0.2) is 48.7 Å². The predicted molar refractivity (Wildman–Crippen MR) is 85.7 cm³/mol. The van der Waals surface area contributed by atoms with E-state index in [1.807, 2.05) is 24.3 Å². The van der Waals surface area contributed by atoms with E-state index < -0.39 is 12.0 Å². The van der Waals surface area contributed by atoms with Crippen LogP contribution in [0.15, 0.2) is 41.9 Å². The first kappa shape index (κ1) is 16.0. The highest BCUT2D eigenvalue weighted by Crippen LogP contribution is 2.35. The quantitative estimate of drug-likeness (QED) is 0.829. The molecule has 1 aromatic carbocycles. The number of aromatic nitrogens is 3. The van der Waals surface area contributed by atoms with Gasteiger partial charge in [0.2, 0.25) is 5.95 Å². The summed E-state index contributed by atoms with van der Waals surface area (Å²) in [5, 5.41) is 7.33. The van der Waals surface area contributed by atoms with Gasteiger partial charge >= 0.3 is 5.97 Å². The van der Waals surface area contributed by atoms with Gasteiger partial charge in [0.05, 0.1) is 32.1 Å². The molecule has 0 aliphatic carbocycles. The van der Waals surface area contributed by atoms with Crippen molar-refractivity contribution in [3.05, 3.63) is 47.4 Å². The van der Waals surface area contributed by atoms with Crippen molar-refractivity contribution in [2.45, 2.75) is 6.04 Å². The molecule has 0 saturated carbocycles. The van der Waals surface area contributed by atoms with Crippen LogP contribution in [0.5, 0.6) is 5.75 Å². The molecule has 2 aromatic rings. The van der Waals surface area contributed by atoms with Gasteiger partial charge in [-0.15, -0.1) is 0 Å². The molecule has 0 fully saturated rings. The third-order valence-electron chi connectivity index (χ3n) is 3.80. The highest BCUT2D eigenvalue weighted by molar-refractivity contribution is 5.92. The Morgan fingerprint density at radius 3 is 2.62 bits per heavy atom. The highest BCUT2D eigenvalue weighted by Gasteiger charge is 2.35. The second-order valence-electron chi connectivity index (χ2n) is 5.15. The number of ether oxygens (including phenoxy) is 3. The molecule has 0 spiro atoms. The van der Waals surface area contributed by atoms with E-state index >= 15 is 0 Å². The molecule has 126 valence electrons. The lowest BCUT2D eigenvalue weighted by Crippen LogP contribution is -2.31. The topological polar surface area (TPSA) is 87.5 Å². The molecular weight excluding hydrogens is 312 g/mol. The van der Waals surface area contributed by atoms with Crippen LogP contribution < -0.4 is 10.1 Å². The third kappa shape index (κ3) is 2.71. The van der Waals surface area contributed by atoms with E-state index in [2.05, 4.69) is 15.4 Å². The number of methoxy groups -OCH3 is 3. The Bertz CT molecular complexity index is 767. The minimum Gasteiger partial charge on any atom is -0.497 e. The van der Waals surface area contributed by atoms with Crippen molar-refractivity contribution >= 4 is 11.9 Å². The average molecular weight is 330 g/mol. The molecule has 1 atom stereocenters. The lowest BCUT2D eigenvalue weighted by molar-refractivity contribution is -0.136. The summed E-state index contributed by atoms with van der Waals surface area (Å²) in [7, 11) is 4.51. The normalized spacial score (nSPS) is 16.4. The van der Waals surface area contributed by atoms with Crippen LogP contribution in [0.3, 0.4) is 0 Å². The van der Waals surface area contributed by atoms with Gasteiger partial charge < -0.3 is 19.5 Å². The first-order chi connectivity index (χ1) is 11.7. The number of hydrogen-bond acceptors (Lipinski definition) is 7. The lowest BCUT2D eigenvalue weighted by atomic mass is 9.95. The van der Waals surface area contributed by atoms with Gasteiger partial charge in [-0.1, -0.05) is 12.1 Å². The summed E-state index contributed by atoms with van der Waals surface area (Å²) < 4.78 is 17.0. The van der Waals surface area contributed by atoms with Crippen LogP contribution >= 0.6 is 0 Å². The van der Waals surface area contributed by atoms with Crippen molar-refractivity contribution in [3.8, 4) is 5.75 Å². The number of esters is 1. The summed E-state index contributed by atoms with van der Waals surface area (Å²) in [6.45, 7) is 0.226. The number of nitrogens with zero attached hydrogens (tertiary/aromatic N) is 3. The summed E-state index contributed by atoms with van der Waals surface area (Å²) in [4.78, 5) is 16.6. The molecule has 2 heterocycles. The zero-order valence-electron chi connectivity index (χ0n) is 13.6. The van der Waals surface area contributed by atoms with E-state index in [-0.39, 0.29) is 6.61 Å². The molecule has 1 aliphatic rings. The van der Waals surface area contributed by atoms with E-state index in [9.17, 15) is 4.79 Å². The van der Waals surface area contributed by atoms with Gasteiger partial charge in [0.15, 0.2) is 0 Å². The molecular formula is C16H18N4O4. The molecule has 8 nitrogen and oxygen atoms in total. The predicted octanol–water partition coefficient (Wildman–Crippen LogP) is 1.38. The zero-order valence-corrected chi connectivity index (χ0v) is 13.6. The van der Waals surface area contributed by atoms with Gasteiger partial charge in [0, 0.05) is 7.11 Å². The minimum atomic E-state index is -0.466. The molecule has 0 radical (unpaired) electrons. The lowest BCUT2D eigenvalue weighted by Gasteiger charge is -2.29. The van der Waals surface area contributed by atoms with Gasteiger partial charge in [-0.05, 0) is 17.7 Å². The van der Waals surface area contributed by atoms with Crippen LogP contribution in [0.2, 0.25) is 0 Å². The van der Waals surface area contributed by atoms with Gasteiger partial charge in [-0.25, -0.2) is 9.48 Å². The van der Waals surface area contributed by atoms with Gasteiger partial charge in [0.1, 0.15) is 18.1 Å². The number of anilines is 1. The summed E-state index contributed by atoms with van der Waals surface area (Å²) in [5.74, 6) is 0.819. The van der Waals surface area contributed by atoms with Crippen LogP contribution in [0.4, 0.5) is 5.95 Å². The number of benzene rings is 1. The number of hydrogen-bond donors (Lipinski definition) is 1. The number of carbonyl (C=O) groups is 1. The SMILES string of the molecule is COCC1=C(C(=O)OC)[C@@H](c2ccc(OC)cc2)n2ncnc2N1. The maximum absolute atomic E-state index is 12.4. The highest BCUT2D eigenvalue weighted by atomic mass is 16.5. The summed E-state index contributed by atoms with van der Waals surface area (Å²) >= 11 is 0. The second-order valence-corrected chi connectivity index (χ2v) is 5.15. The fraction of sp³-hybridized carbons (Fsp3) is 0.312. The van der Waals surface area contributed by atoms with Gasteiger partial charge in [-0.2, -0.15) is 10.1 Å². The summed E-state index contributed by atoms with van der Waals surface area (Å²) in [5.41, 5.74) is 1.89. The fourth-order valence-corrected chi connectivity index (χ4v) is 2.72. The maximum atomic E-state index is 12.4. The van der Waals surface area contributed by atoms with Crippen LogP contribution in [0, 0.1) is 0 Å². The first-order valence-electron chi connectivity index (χ1n) is 7.30. The molecule has 1 aliphatic heterocycles. The number of rotatable bonds is 5. The molecule has 24 heavy (non-hydrogen) atoms. The Balaban J connectivity index is 2.15. The molecule has 1 N–H and O–H groups in total. The van der Waals surface area contributed by atoms with Gasteiger partial charge in [-0.3, -0.25) is 0 Å². The smallest absolute Gasteiger partial charge is 0.338 e. The van der Waals surface area contributed by atoms with Crippen LogP contribution in [0.25, 0.3) is 0 Å². The van der Waals surface area contributed by atoms with Crippen molar-refractivity contribution in [1.82, 2.24) is 14.8 Å². The Hall–Kier alpha value is -2.87. The standard InChI is InChI=1S/C16H18N4O4/c1-22-8-12-13(15(21)24-3)14(20-16(19-12)17-9-18-20)10-4-6-11(23-2)7-5-10/h4-7,9,14H,8H2,1-3H3,(H,17,18,19)/t14-/m1/s1. The molecule has 8 heteroatoms. The molecule has 0 amide bonds. The van der Waals surface area contributed by atoms with E-state index in [0.29, 0.717) is 17.2 Å². The van der Waals surface area contributed by atoms with E-state index in [4.69, 9.17) is 14.2 Å². The van der Waals surface area contributed by atoms with Crippen molar-refractivity contribution in [2.75, 3.05) is 33.3 Å². The fourth-order valence-electron chi connectivity index (χ4n) is 2.72. The maximum Gasteiger partial charge on any atom is 0.338 e. The van der Waals surface area contributed by atoms with Gasteiger partial charge in [0.25, 0.3) is 0 Å². The van der Waals surface area contributed by atoms with Crippen molar-refractivity contribution in [3.63, 3.8) is 0 Å². The van der Waals surface area contributed by atoms with Crippen molar-refractivity contribution in [1.29, 1.82) is 0 Å². The van der Waals surface area contributed by atoms with E-state index in [0.717, 1.165) is 11.3 Å². The van der Waals surface area contributed by atoms with Crippen molar-refractivity contribution < 1.29 is 19.0 Å². The Morgan fingerprint density at radius 2 is 2.00 bits per heavy atom. The zero-order chi connectivity index (χ0) is 17.1. The Kier molecular flexibility index (Phi) is 4.48. The second kappa shape index (κ2) is 6.71. The number of carbonyl (C=O) groups excluding carboxylic acids is 1. The molecule has 0 bridgehead atoms. The summed E-state index contributed by atoms with van der Waals surface area (Å²) in [6.07, 6.45) is 1.43. The van der Waals surface area contributed by atoms with Crippen molar-refractivity contribution in [2.24, 2.45) is 0 Å². The number of nitrogens with one attached hydrogen (secondary N) is 1. The first-order valence-corrected chi connectivity index (χ1v) is 7.30. The molecule has 3 rings (SSSR count). The summed E-state index contributed by atoms with van der Waals surface area (Å²) in [6, 6.07) is 6.96. The molecule has 0 saturated heterocycles. The Morgan fingerprint density at radius 1 is 1.25 bits per heavy atom. The van der Waals surface area contributed by atoms with E-state index in [1.165, 1.54) is 13.4 Å². The number of fused-ring (bicyclic) bond motifs is 1. The average Bonchev–Trinajstić information content (AvgIpc) is 3.08. The van der Waals surface area contributed by atoms with E-state index in [1.54, 1.807) is 18.9 Å². The van der Waals surface area contributed by atoms with Crippen LogP contribution in [-0.2, 0) is 14.3 Å². The largest absolute Gasteiger partial charge is 0.497 e. The third-order valence-corrected chi connectivity index (χ3v) is 3.80.